The van der Waals surface area contributed by atoms with Crippen LogP contribution in [0.25, 0.3) is 0 Å². The molecule has 0 aliphatic rings. The van der Waals surface area contributed by atoms with Crippen molar-refractivity contribution in [3.05, 3.63) is 69.7 Å². The van der Waals surface area contributed by atoms with E-state index < -0.39 is 6.04 Å². The van der Waals surface area contributed by atoms with Crippen LogP contribution in [-0.4, -0.2) is 28.8 Å². The summed E-state index contributed by atoms with van der Waals surface area (Å²) < 4.78 is 0. The van der Waals surface area contributed by atoms with E-state index in [4.69, 9.17) is 11.6 Å². The molecule has 0 saturated heterocycles. The van der Waals surface area contributed by atoms with E-state index in [2.05, 4.69) is 5.32 Å². The third-order valence-corrected chi connectivity index (χ3v) is 5.18. The second-order valence-corrected chi connectivity index (χ2v) is 8.28. The summed E-state index contributed by atoms with van der Waals surface area (Å²) in [5.74, 6) is -0.176. The molecule has 2 aromatic rings. The summed E-state index contributed by atoms with van der Waals surface area (Å²) in [4.78, 5) is 27.9. The van der Waals surface area contributed by atoms with E-state index >= 15 is 0 Å². The Morgan fingerprint density at radius 2 is 1.72 bits per heavy atom. The minimum absolute atomic E-state index is 0.0167. The molecule has 0 unspecified atom stereocenters. The molecule has 0 spiro atoms. The van der Waals surface area contributed by atoms with Gasteiger partial charge >= 0.3 is 0 Å². The van der Waals surface area contributed by atoms with Crippen LogP contribution in [0.15, 0.2) is 42.5 Å². The predicted octanol–water partition coefficient (Wildman–Crippen LogP) is 4.83. The highest BCUT2D eigenvalue weighted by Gasteiger charge is 2.29. The summed E-state index contributed by atoms with van der Waals surface area (Å²) in [6.45, 7) is 10.2. The van der Waals surface area contributed by atoms with Crippen molar-refractivity contribution in [3.8, 4) is 0 Å². The molecule has 2 rings (SSSR count). The van der Waals surface area contributed by atoms with Crippen LogP contribution in [0.3, 0.4) is 0 Å². The van der Waals surface area contributed by atoms with Gasteiger partial charge < -0.3 is 10.2 Å². The third kappa shape index (κ3) is 6.60. The van der Waals surface area contributed by atoms with E-state index in [1.807, 2.05) is 65.0 Å². The normalized spacial score (nSPS) is 12.0. The number of nitrogens with zero attached hydrogens (tertiary/aromatic N) is 1. The Balaban J connectivity index is 2.33. The van der Waals surface area contributed by atoms with E-state index in [-0.39, 0.29) is 24.3 Å². The molecule has 1 N–H and O–H groups in total. The van der Waals surface area contributed by atoms with Gasteiger partial charge in [0, 0.05) is 17.6 Å². The van der Waals surface area contributed by atoms with Gasteiger partial charge in [-0.1, -0.05) is 54.4 Å². The number of carbonyl (C=O) groups is 2. The molecular weight excluding hydrogens is 384 g/mol. The number of hydrogen-bond acceptors (Lipinski definition) is 2. The van der Waals surface area contributed by atoms with E-state index in [1.54, 1.807) is 17.0 Å². The number of nitrogens with one attached hydrogen (secondary N) is 1. The Morgan fingerprint density at radius 1 is 1.07 bits per heavy atom. The van der Waals surface area contributed by atoms with Crippen molar-refractivity contribution in [1.29, 1.82) is 0 Å². The zero-order valence-corrected chi connectivity index (χ0v) is 18.7. The molecule has 0 bridgehead atoms. The highest BCUT2D eigenvalue weighted by atomic mass is 35.5. The molecule has 0 aliphatic carbocycles. The van der Waals surface area contributed by atoms with E-state index in [0.717, 1.165) is 22.3 Å². The van der Waals surface area contributed by atoms with Gasteiger partial charge in [0.15, 0.2) is 0 Å². The monoisotopic (exact) mass is 414 g/mol. The molecule has 0 aromatic heterocycles. The number of halogens is 1. The summed E-state index contributed by atoms with van der Waals surface area (Å²) >= 11 is 6.00. The highest BCUT2D eigenvalue weighted by molar-refractivity contribution is 6.30. The first-order chi connectivity index (χ1) is 13.7. The summed E-state index contributed by atoms with van der Waals surface area (Å²) in [6.07, 6.45) is 0.817. The maximum Gasteiger partial charge on any atom is 0.243 e. The Kier molecular flexibility index (Phi) is 8.27. The molecule has 0 aliphatic heterocycles. The van der Waals surface area contributed by atoms with Crippen LogP contribution in [-0.2, 0) is 22.6 Å². The Hall–Kier alpha value is -2.33. The van der Waals surface area contributed by atoms with Crippen LogP contribution >= 0.6 is 11.6 Å². The van der Waals surface area contributed by atoms with Crippen LogP contribution in [0, 0.1) is 13.8 Å². The van der Waals surface area contributed by atoms with Crippen LogP contribution in [0.5, 0.6) is 0 Å². The van der Waals surface area contributed by atoms with Crippen molar-refractivity contribution in [2.24, 2.45) is 0 Å². The SMILES string of the molecule is CC[C@H](C(=O)NC(C)C)N(Cc1ccc(Cl)cc1)C(=O)Cc1cc(C)ccc1C. The first kappa shape index (κ1) is 23.0. The van der Waals surface area contributed by atoms with Gasteiger partial charge in [0.1, 0.15) is 6.04 Å². The number of benzene rings is 2. The fourth-order valence-electron chi connectivity index (χ4n) is 3.34. The smallest absolute Gasteiger partial charge is 0.243 e. The Bertz CT molecular complexity index is 846. The molecule has 5 heteroatoms. The first-order valence-electron chi connectivity index (χ1n) is 10.1. The van der Waals surface area contributed by atoms with E-state index in [9.17, 15) is 9.59 Å². The molecule has 1 atom stereocenters. The van der Waals surface area contributed by atoms with Crippen LogP contribution in [0.1, 0.15) is 49.4 Å². The summed E-state index contributed by atoms with van der Waals surface area (Å²) in [7, 11) is 0. The van der Waals surface area contributed by atoms with Gasteiger partial charge in [0.2, 0.25) is 11.8 Å². The van der Waals surface area contributed by atoms with Crippen molar-refractivity contribution in [1.82, 2.24) is 10.2 Å². The van der Waals surface area contributed by atoms with Crippen molar-refractivity contribution in [3.63, 3.8) is 0 Å². The predicted molar refractivity (Wildman–Crippen MR) is 119 cm³/mol. The molecule has 2 amide bonds. The standard InChI is InChI=1S/C24H31ClN2O2/c1-6-22(24(29)26-16(2)3)27(15-19-9-11-21(25)12-10-19)23(28)14-20-13-17(4)7-8-18(20)5/h7-13,16,22H,6,14-15H2,1-5H3,(H,26,29)/t22-/m1/s1. The summed E-state index contributed by atoms with van der Waals surface area (Å²) in [5.41, 5.74) is 4.14. The number of rotatable bonds is 8. The van der Waals surface area contributed by atoms with Crippen molar-refractivity contribution < 1.29 is 9.59 Å². The molecule has 29 heavy (non-hydrogen) atoms. The zero-order chi connectivity index (χ0) is 21.6. The van der Waals surface area contributed by atoms with Gasteiger partial charge in [-0.2, -0.15) is 0 Å². The highest BCUT2D eigenvalue weighted by Crippen LogP contribution is 2.18. The minimum Gasteiger partial charge on any atom is -0.352 e. The molecule has 0 heterocycles. The number of amides is 2. The van der Waals surface area contributed by atoms with Crippen molar-refractivity contribution in [2.45, 2.75) is 66.1 Å². The van der Waals surface area contributed by atoms with Gasteiger partial charge in [-0.15, -0.1) is 0 Å². The fraction of sp³-hybridized carbons (Fsp3) is 0.417. The first-order valence-corrected chi connectivity index (χ1v) is 10.5. The number of aryl methyl sites for hydroxylation is 2. The zero-order valence-electron chi connectivity index (χ0n) is 18.0. The third-order valence-electron chi connectivity index (χ3n) is 4.93. The molecule has 0 radical (unpaired) electrons. The van der Waals surface area contributed by atoms with Crippen LogP contribution < -0.4 is 5.32 Å². The van der Waals surface area contributed by atoms with Crippen molar-refractivity contribution >= 4 is 23.4 Å². The van der Waals surface area contributed by atoms with E-state index in [1.165, 1.54) is 0 Å². The summed E-state index contributed by atoms with van der Waals surface area (Å²) in [6, 6.07) is 13.0. The maximum atomic E-state index is 13.4. The molecule has 156 valence electrons. The lowest BCUT2D eigenvalue weighted by molar-refractivity contribution is -0.141. The van der Waals surface area contributed by atoms with Gasteiger partial charge in [0.05, 0.1) is 6.42 Å². The second-order valence-electron chi connectivity index (χ2n) is 7.84. The quantitative estimate of drug-likeness (QED) is 0.672. The van der Waals surface area contributed by atoms with Gasteiger partial charge in [-0.25, -0.2) is 0 Å². The fourth-order valence-corrected chi connectivity index (χ4v) is 3.47. The molecule has 2 aromatic carbocycles. The van der Waals surface area contributed by atoms with Gasteiger partial charge in [0.25, 0.3) is 0 Å². The average molecular weight is 415 g/mol. The largest absolute Gasteiger partial charge is 0.352 e. The Morgan fingerprint density at radius 3 is 2.31 bits per heavy atom. The molecule has 0 fully saturated rings. The Labute approximate surface area is 179 Å². The molecular formula is C24H31ClN2O2. The number of carbonyl (C=O) groups excluding carboxylic acids is 2. The molecule has 4 nitrogen and oxygen atoms in total. The average Bonchev–Trinajstić information content (AvgIpc) is 2.65. The lowest BCUT2D eigenvalue weighted by atomic mass is 10.0. The number of hydrogen-bond donors (Lipinski definition) is 1. The lowest BCUT2D eigenvalue weighted by Gasteiger charge is -2.31. The lowest BCUT2D eigenvalue weighted by Crippen LogP contribution is -2.50. The van der Waals surface area contributed by atoms with Crippen LogP contribution in [0.4, 0.5) is 0 Å². The summed E-state index contributed by atoms with van der Waals surface area (Å²) in [5, 5.41) is 3.60. The van der Waals surface area contributed by atoms with Crippen molar-refractivity contribution in [2.75, 3.05) is 0 Å². The maximum absolute atomic E-state index is 13.4. The molecule has 0 saturated carbocycles. The van der Waals surface area contributed by atoms with Crippen LogP contribution in [0.2, 0.25) is 5.02 Å². The van der Waals surface area contributed by atoms with Gasteiger partial charge in [-0.05, 0) is 62.9 Å². The second kappa shape index (κ2) is 10.4. The minimum atomic E-state index is -0.523. The van der Waals surface area contributed by atoms with E-state index in [0.29, 0.717) is 18.0 Å². The van der Waals surface area contributed by atoms with Gasteiger partial charge in [-0.3, -0.25) is 9.59 Å². The topological polar surface area (TPSA) is 49.4 Å².